The summed E-state index contributed by atoms with van der Waals surface area (Å²) in [6.07, 6.45) is 4.87. The smallest absolute Gasteiger partial charge is 0.261 e. The Bertz CT molecular complexity index is 446. The zero-order chi connectivity index (χ0) is 13.1. The number of thiocarbonyl (C=S) groups is 1. The molecule has 1 unspecified atom stereocenters. The summed E-state index contributed by atoms with van der Waals surface area (Å²) in [5.41, 5.74) is 6.88. The highest BCUT2D eigenvalue weighted by molar-refractivity contribution is 7.80. The normalized spacial score (nSPS) is 15.2. The van der Waals surface area contributed by atoms with E-state index in [2.05, 4.69) is 5.32 Å². The summed E-state index contributed by atoms with van der Waals surface area (Å²) in [6, 6.07) is 2.09. The molecule has 0 radical (unpaired) electrons. The van der Waals surface area contributed by atoms with Crippen LogP contribution < -0.4 is 11.1 Å². The van der Waals surface area contributed by atoms with Crippen molar-refractivity contribution in [2.75, 3.05) is 0 Å². The first-order valence-electron chi connectivity index (χ1n) is 6.31. The number of carbonyl (C=O) groups excluding carboxylic acids is 1. The molecule has 0 aromatic carbocycles. The summed E-state index contributed by atoms with van der Waals surface area (Å²) in [5.74, 6) is 0.0116. The first kappa shape index (κ1) is 13.5. The molecule has 5 heteroatoms. The van der Waals surface area contributed by atoms with E-state index >= 15 is 0 Å². The van der Waals surface area contributed by atoms with E-state index in [0.717, 1.165) is 24.1 Å². The average Bonchev–Trinajstić information content (AvgIpc) is 2.87. The standard InChI is InChI=1S/C13H18N2OS2/c1-2-9(7-12(14)17)15-13(16)11-6-8-4-3-5-10(8)18-11/h6,9H,2-5,7H2,1H3,(H2,14,17)(H,15,16). The molecule has 1 heterocycles. The van der Waals surface area contributed by atoms with Gasteiger partial charge in [-0.25, -0.2) is 0 Å². The van der Waals surface area contributed by atoms with Gasteiger partial charge in [-0.3, -0.25) is 4.79 Å². The second kappa shape index (κ2) is 5.80. The first-order valence-corrected chi connectivity index (χ1v) is 7.53. The van der Waals surface area contributed by atoms with Crippen LogP contribution in [0.1, 0.15) is 46.3 Å². The van der Waals surface area contributed by atoms with Crippen molar-refractivity contribution >= 4 is 34.5 Å². The van der Waals surface area contributed by atoms with Crippen LogP contribution in [0.15, 0.2) is 6.07 Å². The molecule has 0 spiro atoms. The van der Waals surface area contributed by atoms with Gasteiger partial charge in [0.1, 0.15) is 0 Å². The number of amides is 1. The lowest BCUT2D eigenvalue weighted by Gasteiger charge is -2.15. The van der Waals surface area contributed by atoms with Crippen LogP contribution in [0.4, 0.5) is 0 Å². The molecular weight excluding hydrogens is 264 g/mol. The van der Waals surface area contributed by atoms with E-state index in [1.54, 1.807) is 11.3 Å². The molecule has 3 N–H and O–H groups in total. The van der Waals surface area contributed by atoms with Crippen molar-refractivity contribution in [2.45, 2.75) is 45.1 Å². The Labute approximate surface area is 117 Å². The highest BCUT2D eigenvalue weighted by Crippen LogP contribution is 2.30. The molecule has 3 nitrogen and oxygen atoms in total. The van der Waals surface area contributed by atoms with Crippen molar-refractivity contribution in [3.05, 3.63) is 21.4 Å². The third-order valence-electron chi connectivity index (χ3n) is 3.25. The number of aryl methyl sites for hydroxylation is 2. The Morgan fingerprint density at radius 1 is 1.61 bits per heavy atom. The third-order valence-corrected chi connectivity index (χ3v) is 4.65. The lowest BCUT2D eigenvalue weighted by atomic mass is 10.1. The molecule has 1 aromatic rings. The van der Waals surface area contributed by atoms with Crippen molar-refractivity contribution < 1.29 is 4.79 Å². The van der Waals surface area contributed by atoms with Gasteiger partial charge in [0.15, 0.2) is 0 Å². The summed E-state index contributed by atoms with van der Waals surface area (Å²) < 4.78 is 0. The minimum Gasteiger partial charge on any atom is -0.393 e. The van der Waals surface area contributed by atoms with Crippen LogP contribution >= 0.6 is 23.6 Å². The molecule has 0 saturated carbocycles. The Balaban J connectivity index is 1.99. The molecular formula is C13H18N2OS2. The highest BCUT2D eigenvalue weighted by atomic mass is 32.1. The fourth-order valence-electron chi connectivity index (χ4n) is 2.24. The fraction of sp³-hybridized carbons (Fsp3) is 0.538. The van der Waals surface area contributed by atoms with Crippen LogP contribution in [0.5, 0.6) is 0 Å². The molecule has 18 heavy (non-hydrogen) atoms. The Kier molecular flexibility index (Phi) is 4.35. The van der Waals surface area contributed by atoms with Gasteiger partial charge in [0, 0.05) is 17.3 Å². The van der Waals surface area contributed by atoms with Gasteiger partial charge in [0.25, 0.3) is 5.91 Å². The number of hydrogen-bond donors (Lipinski definition) is 2. The predicted molar refractivity (Wildman–Crippen MR) is 79.3 cm³/mol. The average molecular weight is 282 g/mol. The number of nitrogens with two attached hydrogens (primary N) is 1. The van der Waals surface area contributed by atoms with Crippen LogP contribution in [-0.2, 0) is 12.8 Å². The molecule has 98 valence electrons. The maximum Gasteiger partial charge on any atom is 0.261 e. The predicted octanol–water partition coefficient (Wildman–Crippen LogP) is 2.42. The van der Waals surface area contributed by atoms with Crippen molar-refractivity contribution in [3.8, 4) is 0 Å². The van der Waals surface area contributed by atoms with Crippen LogP contribution in [0.2, 0.25) is 0 Å². The number of hydrogen-bond acceptors (Lipinski definition) is 3. The molecule has 0 fully saturated rings. The molecule has 0 saturated heterocycles. The maximum absolute atomic E-state index is 12.1. The van der Waals surface area contributed by atoms with Crippen molar-refractivity contribution in [1.29, 1.82) is 0 Å². The number of fused-ring (bicyclic) bond motifs is 1. The molecule has 0 aliphatic heterocycles. The lowest BCUT2D eigenvalue weighted by Crippen LogP contribution is -2.36. The lowest BCUT2D eigenvalue weighted by molar-refractivity contribution is 0.0941. The molecule has 1 aliphatic carbocycles. The third kappa shape index (κ3) is 3.09. The maximum atomic E-state index is 12.1. The van der Waals surface area contributed by atoms with Gasteiger partial charge in [-0.1, -0.05) is 19.1 Å². The minimum absolute atomic E-state index is 0.0116. The van der Waals surface area contributed by atoms with Crippen LogP contribution in [0.25, 0.3) is 0 Å². The van der Waals surface area contributed by atoms with Crippen molar-refractivity contribution in [3.63, 3.8) is 0 Å². The first-order chi connectivity index (χ1) is 8.60. The van der Waals surface area contributed by atoms with Crippen LogP contribution in [0, 0.1) is 0 Å². The van der Waals surface area contributed by atoms with Crippen LogP contribution in [-0.4, -0.2) is 16.9 Å². The van der Waals surface area contributed by atoms with Crippen molar-refractivity contribution in [1.82, 2.24) is 5.32 Å². The second-order valence-corrected chi connectivity index (χ2v) is 6.32. The van der Waals surface area contributed by atoms with Gasteiger partial charge in [-0.05, 0) is 37.3 Å². The van der Waals surface area contributed by atoms with E-state index in [1.807, 2.05) is 13.0 Å². The minimum atomic E-state index is 0.0116. The monoisotopic (exact) mass is 282 g/mol. The second-order valence-electron chi connectivity index (χ2n) is 4.66. The van der Waals surface area contributed by atoms with Gasteiger partial charge in [0.2, 0.25) is 0 Å². The zero-order valence-electron chi connectivity index (χ0n) is 10.5. The molecule has 1 aromatic heterocycles. The van der Waals surface area contributed by atoms with Crippen molar-refractivity contribution in [2.24, 2.45) is 5.73 Å². The van der Waals surface area contributed by atoms with Gasteiger partial charge >= 0.3 is 0 Å². The van der Waals surface area contributed by atoms with E-state index in [-0.39, 0.29) is 11.9 Å². The van der Waals surface area contributed by atoms with Crippen LogP contribution in [0.3, 0.4) is 0 Å². The summed E-state index contributed by atoms with van der Waals surface area (Å²) >= 11 is 6.51. The Morgan fingerprint density at radius 2 is 2.39 bits per heavy atom. The van der Waals surface area contributed by atoms with E-state index in [4.69, 9.17) is 18.0 Å². The molecule has 1 atom stereocenters. The summed E-state index contributed by atoms with van der Waals surface area (Å²) in [6.45, 7) is 2.03. The van der Waals surface area contributed by atoms with Gasteiger partial charge < -0.3 is 11.1 Å². The van der Waals surface area contributed by atoms with Gasteiger partial charge in [-0.15, -0.1) is 11.3 Å². The quantitative estimate of drug-likeness (QED) is 0.816. The summed E-state index contributed by atoms with van der Waals surface area (Å²) in [5, 5.41) is 3.01. The zero-order valence-corrected chi connectivity index (χ0v) is 12.1. The number of thiophene rings is 1. The number of nitrogens with one attached hydrogen (secondary N) is 1. The number of rotatable bonds is 5. The molecule has 1 amide bonds. The highest BCUT2D eigenvalue weighted by Gasteiger charge is 2.20. The van der Waals surface area contributed by atoms with E-state index < -0.39 is 0 Å². The Hall–Kier alpha value is -0.940. The van der Waals surface area contributed by atoms with Gasteiger partial charge in [0.05, 0.1) is 9.87 Å². The largest absolute Gasteiger partial charge is 0.393 e. The Morgan fingerprint density at radius 3 is 3.00 bits per heavy atom. The summed E-state index contributed by atoms with van der Waals surface area (Å²) in [4.78, 5) is 14.8. The SMILES string of the molecule is CCC(CC(N)=S)NC(=O)c1cc2c(s1)CCC2. The topological polar surface area (TPSA) is 55.1 Å². The number of carbonyl (C=O) groups is 1. The molecule has 1 aliphatic rings. The summed E-state index contributed by atoms with van der Waals surface area (Å²) in [7, 11) is 0. The molecule has 2 rings (SSSR count). The molecule has 0 bridgehead atoms. The van der Waals surface area contributed by atoms with E-state index in [1.165, 1.54) is 16.9 Å². The van der Waals surface area contributed by atoms with E-state index in [0.29, 0.717) is 11.4 Å². The van der Waals surface area contributed by atoms with Gasteiger partial charge in [-0.2, -0.15) is 0 Å². The van der Waals surface area contributed by atoms with E-state index in [9.17, 15) is 4.79 Å². The fourth-order valence-corrected chi connectivity index (χ4v) is 3.60.